The molecular formula is C41H33N3O. The average Bonchev–Trinajstić information content (AvgIpc) is 3.62. The second-order valence-electron chi connectivity index (χ2n) is 13.0. The van der Waals surface area contributed by atoms with Crippen molar-refractivity contribution in [3.8, 4) is 0 Å². The van der Waals surface area contributed by atoms with Gasteiger partial charge in [-0.1, -0.05) is 97.9 Å². The second kappa shape index (κ2) is 9.47. The molecular weight excluding hydrogens is 550 g/mol. The van der Waals surface area contributed by atoms with Crippen LogP contribution < -0.4 is 10.6 Å². The molecule has 218 valence electrons. The van der Waals surface area contributed by atoms with Crippen molar-refractivity contribution in [3.63, 3.8) is 0 Å². The summed E-state index contributed by atoms with van der Waals surface area (Å²) in [6.45, 7) is 2.41. The fourth-order valence-electron chi connectivity index (χ4n) is 8.33. The van der Waals surface area contributed by atoms with Gasteiger partial charge in [0.25, 0.3) is 0 Å². The van der Waals surface area contributed by atoms with Gasteiger partial charge in [-0.25, -0.2) is 0 Å². The molecule has 3 unspecified atom stereocenters. The number of fused-ring (bicyclic) bond motifs is 10. The molecule has 0 saturated heterocycles. The van der Waals surface area contributed by atoms with Crippen molar-refractivity contribution in [2.45, 2.75) is 44.4 Å². The number of benzene rings is 6. The van der Waals surface area contributed by atoms with Gasteiger partial charge < -0.3 is 14.3 Å². The van der Waals surface area contributed by atoms with Gasteiger partial charge in [-0.2, -0.15) is 0 Å². The van der Waals surface area contributed by atoms with E-state index in [-0.39, 0.29) is 12.3 Å². The maximum atomic E-state index is 6.61. The third-order valence-corrected chi connectivity index (χ3v) is 10.4. The molecule has 2 N–H and O–H groups in total. The van der Waals surface area contributed by atoms with Gasteiger partial charge in [0.05, 0.1) is 11.1 Å². The zero-order valence-corrected chi connectivity index (χ0v) is 25.2. The fourth-order valence-corrected chi connectivity index (χ4v) is 8.33. The van der Waals surface area contributed by atoms with Crippen LogP contribution >= 0.6 is 0 Å². The molecule has 1 aliphatic heterocycles. The van der Waals surface area contributed by atoms with E-state index in [0.29, 0.717) is 5.92 Å². The first-order valence-electron chi connectivity index (χ1n) is 16.2. The second-order valence-corrected chi connectivity index (χ2v) is 13.0. The van der Waals surface area contributed by atoms with Gasteiger partial charge >= 0.3 is 0 Å². The monoisotopic (exact) mass is 583 g/mol. The van der Waals surface area contributed by atoms with Crippen molar-refractivity contribution in [2.24, 2.45) is 0 Å². The van der Waals surface area contributed by atoms with Crippen LogP contribution in [0.25, 0.3) is 54.2 Å². The molecule has 0 fully saturated rings. The van der Waals surface area contributed by atoms with Gasteiger partial charge in [-0.05, 0) is 92.9 Å². The summed E-state index contributed by atoms with van der Waals surface area (Å²) in [6.07, 6.45) is 3.27. The number of nitrogens with zero attached hydrogens (tertiary/aromatic N) is 1. The predicted molar refractivity (Wildman–Crippen MR) is 186 cm³/mol. The first-order chi connectivity index (χ1) is 22.2. The third kappa shape index (κ3) is 3.69. The molecule has 2 aliphatic rings. The molecule has 6 aromatic carbocycles. The first-order valence-corrected chi connectivity index (χ1v) is 16.2. The Morgan fingerprint density at radius 3 is 2.24 bits per heavy atom. The van der Waals surface area contributed by atoms with E-state index in [1.54, 1.807) is 0 Å². The van der Waals surface area contributed by atoms with E-state index in [1.165, 1.54) is 78.4 Å². The van der Waals surface area contributed by atoms with Crippen LogP contribution in [0.5, 0.6) is 0 Å². The molecule has 2 aromatic heterocycles. The normalized spacial score (nSPS) is 19.7. The summed E-state index contributed by atoms with van der Waals surface area (Å²) >= 11 is 0. The predicted octanol–water partition coefficient (Wildman–Crippen LogP) is 10.5. The Bertz CT molecular complexity index is 2470. The lowest BCUT2D eigenvalue weighted by Gasteiger charge is -2.35. The maximum absolute atomic E-state index is 6.61. The maximum Gasteiger partial charge on any atom is 0.202 e. The highest BCUT2D eigenvalue weighted by Crippen LogP contribution is 2.47. The average molecular weight is 584 g/mol. The van der Waals surface area contributed by atoms with Crippen molar-refractivity contribution >= 4 is 60.1 Å². The molecule has 45 heavy (non-hydrogen) atoms. The SMILES string of the molecule is CC1CCCc2c1c1cc3ccccc3cc1n2C1NC(c2ccc3ccc4ccccc4c3c2)Nc2oc3ccccc3c21. The van der Waals surface area contributed by atoms with Gasteiger partial charge in [0, 0.05) is 16.5 Å². The Morgan fingerprint density at radius 1 is 0.667 bits per heavy atom. The summed E-state index contributed by atoms with van der Waals surface area (Å²) in [4.78, 5) is 0. The lowest BCUT2D eigenvalue weighted by Crippen LogP contribution is -2.40. The summed E-state index contributed by atoms with van der Waals surface area (Å²) in [6, 6.07) is 42.1. The minimum atomic E-state index is -0.138. The molecule has 10 rings (SSSR count). The van der Waals surface area contributed by atoms with Crippen LogP contribution in [-0.4, -0.2) is 4.57 Å². The molecule has 4 nitrogen and oxygen atoms in total. The molecule has 0 spiro atoms. The zero-order chi connectivity index (χ0) is 29.6. The number of nitrogens with one attached hydrogen (secondary N) is 2. The number of hydrogen-bond acceptors (Lipinski definition) is 3. The Labute approximate surface area is 261 Å². The molecule has 4 heteroatoms. The highest BCUT2D eigenvalue weighted by molar-refractivity contribution is 6.07. The van der Waals surface area contributed by atoms with Crippen LogP contribution in [0.4, 0.5) is 5.88 Å². The van der Waals surface area contributed by atoms with Gasteiger partial charge in [0.1, 0.15) is 17.9 Å². The van der Waals surface area contributed by atoms with Crippen LogP contribution in [0.2, 0.25) is 0 Å². The summed E-state index contributed by atoms with van der Waals surface area (Å²) in [7, 11) is 0. The summed E-state index contributed by atoms with van der Waals surface area (Å²) in [5.41, 5.74) is 7.56. The minimum absolute atomic E-state index is 0.101. The van der Waals surface area contributed by atoms with Gasteiger partial charge in [-0.3, -0.25) is 5.32 Å². The van der Waals surface area contributed by atoms with E-state index in [0.717, 1.165) is 23.3 Å². The largest absolute Gasteiger partial charge is 0.440 e. The molecule has 1 aliphatic carbocycles. The Kier molecular flexibility index (Phi) is 5.32. The lowest BCUT2D eigenvalue weighted by molar-refractivity contribution is 0.390. The quantitative estimate of drug-likeness (QED) is 0.199. The summed E-state index contributed by atoms with van der Waals surface area (Å²) in [5.74, 6) is 1.37. The third-order valence-electron chi connectivity index (χ3n) is 10.4. The van der Waals surface area contributed by atoms with E-state index in [9.17, 15) is 0 Å². The van der Waals surface area contributed by atoms with E-state index >= 15 is 0 Å². The van der Waals surface area contributed by atoms with Crippen molar-refractivity contribution in [3.05, 3.63) is 138 Å². The van der Waals surface area contributed by atoms with Gasteiger partial charge in [0.15, 0.2) is 0 Å². The number of furan rings is 1. The van der Waals surface area contributed by atoms with Gasteiger partial charge in [0.2, 0.25) is 5.88 Å². The molecule has 3 heterocycles. The molecule has 3 atom stereocenters. The Hall–Kier alpha value is -5.06. The van der Waals surface area contributed by atoms with Crippen molar-refractivity contribution in [2.75, 3.05) is 5.32 Å². The summed E-state index contributed by atoms with van der Waals surface area (Å²) < 4.78 is 9.23. The number of aromatic nitrogens is 1. The highest BCUT2D eigenvalue weighted by Gasteiger charge is 2.37. The molecule has 0 amide bonds. The van der Waals surface area contributed by atoms with Crippen LogP contribution in [0.15, 0.2) is 120 Å². The molecule has 0 bridgehead atoms. The van der Waals surface area contributed by atoms with Crippen molar-refractivity contribution in [1.82, 2.24) is 9.88 Å². The van der Waals surface area contributed by atoms with E-state index in [4.69, 9.17) is 4.42 Å². The Morgan fingerprint density at radius 2 is 1.38 bits per heavy atom. The van der Waals surface area contributed by atoms with E-state index in [2.05, 4.69) is 137 Å². The molecule has 0 saturated carbocycles. The first kappa shape index (κ1) is 25.3. The van der Waals surface area contributed by atoms with Gasteiger partial charge in [-0.15, -0.1) is 0 Å². The highest BCUT2D eigenvalue weighted by atomic mass is 16.4. The topological polar surface area (TPSA) is 42.1 Å². The van der Waals surface area contributed by atoms with Crippen LogP contribution in [0, 0.1) is 0 Å². The summed E-state index contributed by atoms with van der Waals surface area (Å²) in [5, 5.41) is 18.1. The fraction of sp³-hybridized carbons (Fsp3) is 0.171. The van der Waals surface area contributed by atoms with Crippen LogP contribution in [-0.2, 0) is 6.42 Å². The number of hydrogen-bond donors (Lipinski definition) is 2. The Balaban J connectivity index is 1.23. The van der Waals surface area contributed by atoms with Crippen molar-refractivity contribution < 1.29 is 4.42 Å². The molecule has 8 aromatic rings. The standard InChI is InChI=1S/C41H33N3O/c1-24-9-8-15-34-37(24)33-21-27-11-2-3-12-28(27)23-35(33)44(34)40-38-31-14-6-7-16-36(31)45-41(38)43-39(42-40)29-20-19-26-18-17-25-10-4-5-13-30(25)32(26)22-29/h2-7,10-14,16-24,39-40,42-43H,8-9,15H2,1H3. The smallest absolute Gasteiger partial charge is 0.202 e. The number of rotatable bonds is 2. The lowest BCUT2D eigenvalue weighted by atomic mass is 9.86. The minimum Gasteiger partial charge on any atom is -0.440 e. The number of para-hydroxylation sites is 1. The van der Waals surface area contributed by atoms with E-state index in [1.807, 2.05) is 0 Å². The van der Waals surface area contributed by atoms with Crippen molar-refractivity contribution in [1.29, 1.82) is 0 Å². The molecule has 0 radical (unpaired) electrons. The van der Waals surface area contributed by atoms with E-state index < -0.39 is 0 Å². The van der Waals surface area contributed by atoms with Crippen LogP contribution in [0.1, 0.15) is 60.4 Å². The van der Waals surface area contributed by atoms with Crippen LogP contribution in [0.3, 0.4) is 0 Å². The zero-order valence-electron chi connectivity index (χ0n) is 25.2. The number of anilines is 1.